The molecule has 3 aromatic carbocycles. The lowest BCUT2D eigenvalue weighted by Gasteiger charge is -2.23. The van der Waals surface area contributed by atoms with E-state index in [1.165, 1.54) is 12.1 Å². The molecular formula is C34H42FNO7. The lowest BCUT2D eigenvalue weighted by atomic mass is 10.1. The van der Waals surface area contributed by atoms with E-state index in [1.807, 2.05) is 45.0 Å². The SMILES string of the molecule is CCOC(Cc1ccc(OCCN(CCCCOCc2ccc(F)cc2)C(=O)Oc2c(C)cc(C)cc2C)cc1)C(=O)O. The fourth-order valence-corrected chi connectivity index (χ4v) is 4.68. The average Bonchev–Trinajstić information content (AvgIpc) is 2.97. The summed E-state index contributed by atoms with van der Waals surface area (Å²) in [7, 11) is 0. The van der Waals surface area contributed by atoms with Crippen molar-refractivity contribution < 1.29 is 38.0 Å². The van der Waals surface area contributed by atoms with E-state index >= 15 is 0 Å². The predicted molar refractivity (Wildman–Crippen MR) is 162 cm³/mol. The van der Waals surface area contributed by atoms with Crippen LogP contribution in [0.25, 0.3) is 0 Å². The maximum atomic E-state index is 13.3. The Hall–Kier alpha value is -3.95. The molecule has 0 radical (unpaired) electrons. The van der Waals surface area contributed by atoms with Crippen LogP contribution in [-0.2, 0) is 27.3 Å². The summed E-state index contributed by atoms with van der Waals surface area (Å²) >= 11 is 0. The maximum absolute atomic E-state index is 13.3. The lowest BCUT2D eigenvalue weighted by Crippen LogP contribution is -2.37. The van der Waals surface area contributed by atoms with E-state index in [0.717, 1.165) is 34.2 Å². The standard InChI is InChI=1S/C34H42FNO7/c1-5-41-31(33(37)38)22-27-10-14-30(15-11-27)42-19-17-36(34(39)43-32-25(3)20-24(2)21-26(32)4)16-6-7-18-40-23-28-8-12-29(35)13-9-28/h8-15,20-21,31H,5-7,16-19,22-23H2,1-4H3,(H,37,38). The van der Waals surface area contributed by atoms with Gasteiger partial charge in [-0.3, -0.25) is 0 Å². The van der Waals surface area contributed by atoms with Crippen LogP contribution in [0, 0.1) is 26.6 Å². The summed E-state index contributed by atoms with van der Waals surface area (Å²) in [6.07, 6.45) is 0.343. The molecule has 0 spiro atoms. The second-order valence-corrected chi connectivity index (χ2v) is 10.4. The van der Waals surface area contributed by atoms with E-state index in [2.05, 4.69) is 0 Å². The Bertz CT molecular complexity index is 1290. The highest BCUT2D eigenvalue weighted by Gasteiger charge is 2.19. The van der Waals surface area contributed by atoms with Gasteiger partial charge in [-0.1, -0.05) is 42.0 Å². The van der Waals surface area contributed by atoms with Crippen LogP contribution in [0.15, 0.2) is 60.7 Å². The zero-order valence-electron chi connectivity index (χ0n) is 25.4. The highest BCUT2D eigenvalue weighted by molar-refractivity contribution is 5.73. The van der Waals surface area contributed by atoms with Crippen molar-refractivity contribution in [2.24, 2.45) is 0 Å². The number of carbonyl (C=O) groups excluding carboxylic acids is 1. The number of carboxylic acids is 1. The molecule has 0 aliphatic carbocycles. The zero-order valence-corrected chi connectivity index (χ0v) is 25.4. The topological polar surface area (TPSA) is 94.5 Å². The zero-order chi connectivity index (χ0) is 31.2. The monoisotopic (exact) mass is 595 g/mol. The molecule has 1 N–H and O–H groups in total. The number of rotatable bonds is 17. The summed E-state index contributed by atoms with van der Waals surface area (Å²) in [6, 6.07) is 17.4. The summed E-state index contributed by atoms with van der Waals surface area (Å²) in [5.74, 6) is -0.102. The van der Waals surface area contributed by atoms with Crippen LogP contribution in [0.4, 0.5) is 9.18 Å². The molecule has 0 aromatic heterocycles. The number of aliphatic carboxylic acids is 1. The smallest absolute Gasteiger partial charge is 0.415 e. The first-order valence-electron chi connectivity index (χ1n) is 14.6. The molecule has 0 aliphatic rings. The molecule has 0 aliphatic heterocycles. The molecule has 0 saturated carbocycles. The maximum Gasteiger partial charge on any atom is 0.415 e. The van der Waals surface area contributed by atoms with Gasteiger partial charge in [0.15, 0.2) is 6.10 Å². The molecule has 1 unspecified atom stereocenters. The molecule has 1 amide bonds. The number of nitrogens with zero attached hydrogens (tertiary/aromatic N) is 1. The van der Waals surface area contributed by atoms with Crippen LogP contribution < -0.4 is 9.47 Å². The quantitative estimate of drug-likeness (QED) is 0.174. The van der Waals surface area contributed by atoms with Crippen molar-refractivity contribution >= 4 is 12.1 Å². The van der Waals surface area contributed by atoms with E-state index in [1.54, 1.807) is 36.1 Å². The number of hydrogen-bond acceptors (Lipinski definition) is 6. The summed E-state index contributed by atoms with van der Waals surface area (Å²) < 4.78 is 35.9. The molecular weight excluding hydrogens is 553 g/mol. The van der Waals surface area contributed by atoms with Gasteiger partial charge in [0.05, 0.1) is 13.2 Å². The lowest BCUT2D eigenvalue weighted by molar-refractivity contribution is -0.149. The molecule has 0 saturated heterocycles. The average molecular weight is 596 g/mol. The van der Waals surface area contributed by atoms with Gasteiger partial charge in [0.1, 0.15) is 23.9 Å². The van der Waals surface area contributed by atoms with Crippen LogP contribution in [0.5, 0.6) is 11.5 Å². The number of ether oxygens (including phenoxy) is 4. The normalized spacial score (nSPS) is 11.7. The summed E-state index contributed by atoms with van der Waals surface area (Å²) in [5, 5.41) is 9.32. The second kappa shape index (κ2) is 17.2. The first-order chi connectivity index (χ1) is 20.7. The van der Waals surface area contributed by atoms with E-state index in [9.17, 15) is 19.1 Å². The van der Waals surface area contributed by atoms with Gasteiger partial charge in [0.25, 0.3) is 0 Å². The number of unbranched alkanes of at least 4 members (excludes halogenated alkanes) is 1. The Morgan fingerprint density at radius 1 is 0.884 bits per heavy atom. The molecule has 1 atom stereocenters. The minimum Gasteiger partial charge on any atom is -0.492 e. The first-order valence-corrected chi connectivity index (χ1v) is 14.6. The van der Waals surface area contributed by atoms with Crippen molar-refractivity contribution in [2.45, 2.75) is 59.7 Å². The van der Waals surface area contributed by atoms with Crippen molar-refractivity contribution in [1.82, 2.24) is 4.90 Å². The van der Waals surface area contributed by atoms with Gasteiger partial charge in [0, 0.05) is 26.2 Å². The predicted octanol–water partition coefficient (Wildman–Crippen LogP) is 6.66. The number of amides is 1. The van der Waals surface area contributed by atoms with E-state index in [-0.39, 0.29) is 18.8 Å². The van der Waals surface area contributed by atoms with Crippen LogP contribution in [0.2, 0.25) is 0 Å². The summed E-state index contributed by atoms with van der Waals surface area (Å²) in [5.41, 5.74) is 4.61. The molecule has 8 nitrogen and oxygen atoms in total. The Morgan fingerprint density at radius 3 is 2.16 bits per heavy atom. The Balaban J connectivity index is 1.54. The van der Waals surface area contributed by atoms with Gasteiger partial charge in [0.2, 0.25) is 0 Å². The summed E-state index contributed by atoms with van der Waals surface area (Å²) in [6.45, 7) is 9.85. The van der Waals surface area contributed by atoms with Crippen LogP contribution in [0.1, 0.15) is 47.6 Å². The van der Waals surface area contributed by atoms with Crippen molar-refractivity contribution in [3.63, 3.8) is 0 Å². The van der Waals surface area contributed by atoms with Crippen LogP contribution in [0.3, 0.4) is 0 Å². The van der Waals surface area contributed by atoms with Gasteiger partial charge < -0.3 is 29.0 Å². The van der Waals surface area contributed by atoms with Crippen molar-refractivity contribution in [3.05, 3.63) is 94.3 Å². The highest BCUT2D eigenvalue weighted by Crippen LogP contribution is 2.25. The number of halogens is 1. The van der Waals surface area contributed by atoms with Crippen molar-refractivity contribution in [3.8, 4) is 11.5 Å². The number of carbonyl (C=O) groups is 2. The Labute approximate surface area is 253 Å². The molecule has 0 bridgehead atoms. The molecule has 0 fully saturated rings. The fraction of sp³-hybridized carbons (Fsp3) is 0.412. The number of carboxylic acid groups (broad SMARTS) is 1. The van der Waals surface area contributed by atoms with Gasteiger partial charge in [-0.2, -0.15) is 0 Å². The van der Waals surface area contributed by atoms with Gasteiger partial charge >= 0.3 is 12.1 Å². The Kier molecular flexibility index (Phi) is 13.4. The molecule has 232 valence electrons. The van der Waals surface area contributed by atoms with Crippen molar-refractivity contribution in [1.29, 1.82) is 0 Å². The molecule has 0 heterocycles. The number of aryl methyl sites for hydroxylation is 3. The number of hydrogen-bond donors (Lipinski definition) is 1. The van der Waals surface area contributed by atoms with Gasteiger partial charge in [-0.05, 0) is 87.1 Å². The summed E-state index contributed by atoms with van der Waals surface area (Å²) in [4.78, 5) is 26.3. The first kappa shape index (κ1) is 33.6. The third-order valence-corrected chi connectivity index (χ3v) is 6.82. The van der Waals surface area contributed by atoms with Crippen LogP contribution >= 0.6 is 0 Å². The molecule has 43 heavy (non-hydrogen) atoms. The highest BCUT2D eigenvalue weighted by atomic mass is 19.1. The van der Waals surface area contributed by atoms with Gasteiger partial charge in [-0.15, -0.1) is 0 Å². The third-order valence-electron chi connectivity index (χ3n) is 6.82. The van der Waals surface area contributed by atoms with E-state index in [0.29, 0.717) is 50.8 Å². The van der Waals surface area contributed by atoms with E-state index < -0.39 is 18.2 Å². The molecule has 3 rings (SSSR count). The molecule has 9 heteroatoms. The van der Waals surface area contributed by atoms with Crippen molar-refractivity contribution in [2.75, 3.05) is 32.9 Å². The fourth-order valence-electron chi connectivity index (χ4n) is 4.68. The Morgan fingerprint density at radius 2 is 1.53 bits per heavy atom. The minimum atomic E-state index is -0.996. The third kappa shape index (κ3) is 11.3. The van der Waals surface area contributed by atoms with E-state index in [4.69, 9.17) is 18.9 Å². The second-order valence-electron chi connectivity index (χ2n) is 10.4. The minimum absolute atomic E-state index is 0.248. The number of benzene rings is 3. The largest absolute Gasteiger partial charge is 0.492 e. The van der Waals surface area contributed by atoms with Crippen LogP contribution in [-0.4, -0.2) is 61.1 Å². The molecule has 3 aromatic rings. The van der Waals surface area contributed by atoms with Gasteiger partial charge in [-0.25, -0.2) is 14.0 Å².